The number of terminal acetylenes is 1. The fraction of sp³-hybridized carbons (Fsp3) is 0.714. The zero-order chi connectivity index (χ0) is 7.11. The third kappa shape index (κ3) is 5.19. The Hall–Kier alpha value is -0.680. The van der Waals surface area contributed by atoms with Crippen LogP contribution in [0.2, 0.25) is 0 Å². The van der Waals surface area contributed by atoms with Gasteiger partial charge in [0.1, 0.15) is 12.2 Å². The molecule has 1 N–H and O–H groups in total. The number of hydrogen-bond donors (Lipinski definition) is 1. The first-order chi connectivity index (χ1) is 4.31. The molecule has 0 radical (unpaired) electrons. The maximum Gasteiger partial charge on any atom is 0.108 e. The van der Waals surface area contributed by atoms with Gasteiger partial charge in [0.2, 0.25) is 0 Å². The van der Waals surface area contributed by atoms with Gasteiger partial charge in [0.15, 0.2) is 0 Å². The number of aliphatic hydroxyl groups excluding tert-OH is 1. The van der Waals surface area contributed by atoms with Crippen molar-refractivity contribution < 1.29 is 9.84 Å². The van der Waals surface area contributed by atoms with E-state index < -0.39 is 0 Å². The number of ether oxygens (including phenoxy) is 1. The summed E-state index contributed by atoms with van der Waals surface area (Å²) in [5, 5.41) is 8.38. The van der Waals surface area contributed by atoms with Crippen LogP contribution in [0.15, 0.2) is 0 Å². The van der Waals surface area contributed by atoms with Crippen LogP contribution in [0.4, 0.5) is 0 Å². The Morgan fingerprint density at radius 2 is 2.44 bits per heavy atom. The Kier molecular flexibility index (Phi) is 5.04. The molecular formula is C7H12O2. The lowest BCUT2D eigenvalue weighted by atomic mass is 10.2. The average Bonchev–Trinajstić information content (AvgIpc) is 1.85. The van der Waals surface area contributed by atoms with Crippen molar-refractivity contribution in [3.8, 4) is 12.5 Å². The zero-order valence-corrected chi connectivity index (χ0v) is 5.63. The Bertz CT molecular complexity index is 93.6. The van der Waals surface area contributed by atoms with E-state index in [9.17, 15) is 0 Å². The molecule has 0 amide bonds. The first-order valence-corrected chi connectivity index (χ1v) is 3.03. The highest BCUT2D eigenvalue weighted by molar-refractivity contribution is 4.70. The van der Waals surface area contributed by atoms with E-state index in [0.29, 0.717) is 0 Å². The summed E-state index contributed by atoms with van der Waals surface area (Å²) in [6.45, 7) is 2.09. The molecule has 0 aromatic carbocycles. The van der Waals surface area contributed by atoms with Crippen LogP contribution in [0.3, 0.4) is 0 Å². The molecule has 0 aliphatic heterocycles. The molecule has 1 unspecified atom stereocenters. The van der Waals surface area contributed by atoms with Crippen LogP contribution < -0.4 is 0 Å². The summed E-state index contributed by atoms with van der Waals surface area (Å²) in [7, 11) is 0. The van der Waals surface area contributed by atoms with Gasteiger partial charge in [-0.3, -0.25) is 0 Å². The summed E-state index contributed by atoms with van der Waals surface area (Å²) in [4.78, 5) is 0. The van der Waals surface area contributed by atoms with E-state index in [2.05, 4.69) is 6.11 Å². The molecule has 52 valence electrons. The van der Waals surface area contributed by atoms with E-state index in [1.54, 1.807) is 0 Å². The van der Waals surface area contributed by atoms with Crippen molar-refractivity contribution in [2.75, 3.05) is 6.61 Å². The molecule has 0 aliphatic carbocycles. The third-order valence-corrected chi connectivity index (χ3v) is 1.04. The number of aliphatic hydroxyl groups is 1. The van der Waals surface area contributed by atoms with E-state index in [4.69, 9.17) is 16.3 Å². The summed E-state index contributed by atoms with van der Waals surface area (Å²) in [5.41, 5.74) is 0. The molecule has 0 spiro atoms. The first-order valence-electron chi connectivity index (χ1n) is 3.03. The van der Waals surface area contributed by atoms with Crippen LogP contribution in [0.1, 0.15) is 19.8 Å². The Morgan fingerprint density at radius 1 is 1.78 bits per heavy atom. The number of hydrogen-bond acceptors (Lipinski definition) is 2. The summed E-state index contributed by atoms with van der Waals surface area (Å²) in [6.07, 6.45) is 8.61. The van der Waals surface area contributed by atoms with Crippen molar-refractivity contribution >= 4 is 0 Å². The van der Waals surface area contributed by atoms with Crippen LogP contribution >= 0.6 is 0 Å². The zero-order valence-electron chi connectivity index (χ0n) is 5.63. The molecular weight excluding hydrogens is 116 g/mol. The fourth-order valence-corrected chi connectivity index (χ4v) is 0.554. The van der Waals surface area contributed by atoms with E-state index >= 15 is 0 Å². The predicted molar refractivity (Wildman–Crippen MR) is 35.7 cm³/mol. The normalized spacial score (nSPS) is 12.1. The summed E-state index contributed by atoms with van der Waals surface area (Å²) in [6, 6.07) is 0. The van der Waals surface area contributed by atoms with Gasteiger partial charge in [0.05, 0.1) is 0 Å². The molecule has 0 heterocycles. The van der Waals surface area contributed by atoms with E-state index in [1.807, 2.05) is 6.92 Å². The minimum atomic E-state index is 0.0714. The SMILES string of the molecule is C#COC(C)CCCO. The Balaban J connectivity index is 3.08. The number of rotatable bonds is 4. The van der Waals surface area contributed by atoms with Crippen molar-refractivity contribution in [1.82, 2.24) is 0 Å². The van der Waals surface area contributed by atoms with Crippen molar-refractivity contribution in [1.29, 1.82) is 0 Å². The summed E-state index contributed by atoms with van der Waals surface area (Å²) in [5.74, 6) is 0. The van der Waals surface area contributed by atoms with Crippen molar-refractivity contribution in [3.63, 3.8) is 0 Å². The van der Waals surface area contributed by atoms with Crippen LogP contribution in [0.25, 0.3) is 0 Å². The maximum absolute atomic E-state index is 8.38. The second-order valence-corrected chi connectivity index (χ2v) is 1.91. The topological polar surface area (TPSA) is 29.5 Å². The molecule has 2 nitrogen and oxygen atoms in total. The van der Waals surface area contributed by atoms with Gasteiger partial charge in [0, 0.05) is 6.61 Å². The first kappa shape index (κ1) is 8.32. The van der Waals surface area contributed by atoms with Gasteiger partial charge in [-0.25, -0.2) is 0 Å². The molecule has 0 fully saturated rings. The molecule has 0 saturated carbocycles. The molecule has 0 aliphatic rings. The van der Waals surface area contributed by atoms with Crippen molar-refractivity contribution in [2.45, 2.75) is 25.9 Å². The highest BCUT2D eigenvalue weighted by Crippen LogP contribution is 1.98. The highest BCUT2D eigenvalue weighted by Gasteiger charge is 1.97. The van der Waals surface area contributed by atoms with Gasteiger partial charge in [-0.2, -0.15) is 0 Å². The average molecular weight is 128 g/mol. The molecule has 0 saturated heterocycles. The highest BCUT2D eigenvalue weighted by atomic mass is 16.5. The second-order valence-electron chi connectivity index (χ2n) is 1.91. The van der Waals surface area contributed by atoms with Gasteiger partial charge in [-0.15, -0.1) is 0 Å². The molecule has 0 bridgehead atoms. The van der Waals surface area contributed by atoms with Gasteiger partial charge < -0.3 is 9.84 Å². The van der Waals surface area contributed by atoms with Crippen molar-refractivity contribution in [2.24, 2.45) is 0 Å². The standard InChI is InChI=1S/C7H12O2/c1-3-9-7(2)5-4-6-8/h1,7-8H,4-6H2,2H3. The molecule has 2 heteroatoms. The lowest BCUT2D eigenvalue weighted by Crippen LogP contribution is -2.04. The van der Waals surface area contributed by atoms with Gasteiger partial charge in [-0.05, 0) is 19.8 Å². The lowest BCUT2D eigenvalue weighted by Gasteiger charge is -2.05. The fourth-order valence-electron chi connectivity index (χ4n) is 0.554. The predicted octanol–water partition coefficient (Wildman–Crippen LogP) is 0.755. The van der Waals surface area contributed by atoms with Crippen LogP contribution in [0.5, 0.6) is 0 Å². The molecule has 0 aromatic rings. The molecule has 0 rings (SSSR count). The Labute approximate surface area is 55.8 Å². The van der Waals surface area contributed by atoms with Gasteiger partial charge >= 0.3 is 0 Å². The van der Waals surface area contributed by atoms with Crippen LogP contribution in [-0.4, -0.2) is 17.8 Å². The quantitative estimate of drug-likeness (QED) is 0.566. The smallest absolute Gasteiger partial charge is 0.108 e. The summed E-state index contributed by atoms with van der Waals surface area (Å²) >= 11 is 0. The van der Waals surface area contributed by atoms with Gasteiger partial charge in [-0.1, -0.05) is 6.42 Å². The molecule has 1 atom stereocenters. The largest absolute Gasteiger partial charge is 0.444 e. The van der Waals surface area contributed by atoms with E-state index in [0.717, 1.165) is 12.8 Å². The maximum atomic E-state index is 8.38. The Morgan fingerprint density at radius 3 is 2.89 bits per heavy atom. The van der Waals surface area contributed by atoms with E-state index in [1.165, 1.54) is 0 Å². The monoisotopic (exact) mass is 128 g/mol. The lowest BCUT2D eigenvalue weighted by molar-refractivity contribution is 0.160. The van der Waals surface area contributed by atoms with Gasteiger partial charge in [0.25, 0.3) is 0 Å². The third-order valence-electron chi connectivity index (χ3n) is 1.04. The second kappa shape index (κ2) is 5.46. The van der Waals surface area contributed by atoms with E-state index in [-0.39, 0.29) is 12.7 Å². The minimum absolute atomic E-state index is 0.0714. The van der Waals surface area contributed by atoms with Crippen LogP contribution in [-0.2, 0) is 4.74 Å². The van der Waals surface area contributed by atoms with Crippen molar-refractivity contribution in [3.05, 3.63) is 0 Å². The van der Waals surface area contributed by atoms with Crippen LogP contribution in [0, 0.1) is 12.5 Å². The summed E-state index contributed by atoms with van der Waals surface area (Å²) < 4.78 is 4.76. The molecule has 9 heavy (non-hydrogen) atoms. The minimum Gasteiger partial charge on any atom is -0.444 e. The molecule has 0 aromatic heterocycles.